The molecular weight excluding hydrogens is 360 g/mol. The molecular formula is C20H34N4O4. The summed E-state index contributed by atoms with van der Waals surface area (Å²) < 4.78 is 15.9. The third-order valence-electron chi connectivity index (χ3n) is 3.64. The van der Waals surface area contributed by atoms with Gasteiger partial charge in [0.25, 0.3) is 0 Å². The Bertz CT molecular complexity index is 656. The Morgan fingerprint density at radius 3 is 2.46 bits per heavy atom. The summed E-state index contributed by atoms with van der Waals surface area (Å²) in [5.41, 5.74) is 0.503. The lowest BCUT2D eigenvalue weighted by molar-refractivity contribution is 0.0529. The average molecular weight is 395 g/mol. The third kappa shape index (κ3) is 8.37. The molecule has 0 bridgehead atoms. The van der Waals surface area contributed by atoms with Gasteiger partial charge in [-0.25, -0.2) is 4.79 Å². The Morgan fingerprint density at radius 2 is 1.89 bits per heavy atom. The van der Waals surface area contributed by atoms with E-state index in [0.29, 0.717) is 19.6 Å². The first-order valence-electron chi connectivity index (χ1n) is 9.37. The van der Waals surface area contributed by atoms with Crippen molar-refractivity contribution in [1.82, 2.24) is 15.5 Å². The minimum absolute atomic E-state index is 0.392. The van der Waals surface area contributed by atoms with Crippen LogP contribution >= 0.6 is 0 Å². The van der Waals surface area contributed by atoms with Crippen LogP contribution in [0.15, 0.2) is 23.2 Å². The number of rotatable bonds is 8. The molecule has 0 aliphatic heterocycles. The standard InChI is InChI=1S/C20H34N4O4/c1-8-21-18(22-11-12-23-19(25)28-20(2,3)4)24(5)14-15-9-10-16(26-6)13-17(15)27-7/h9-10,13H,8,11-12,14H2,1-7H3,(H,21,22)(H,23,25). The zero-order valence-electron chi connectivity index (χ0n) is 18.1. The lowest BCUT2D eigenvalue weighted by Gasteiger charge is -2.23. The van der Waals surface area contributed by atoms with Crippen molar-refractivity contribution in [2.45, 2.75) is 39.8 Å². The summed E-state index contributed by atoms with van der Waals surface area (Å²) in [5.74, 6) is 2.25. The lowest BCUT2D eigenvalue weighted by atomic mass is 10.2. The van der Waals surface area contributed by atoms with Gasteiger partial charge in [-0.15, -0.1) is 0 Å². The van der Waals surface area contributed by atoms with E-state index in [2.05, 4.69) is 15.6 Å². The number of guanidine groups is 1. The number of nitrogens with one attached hydrogen (secondary N) is 2. The summed E-state index contributed by atoms with van der Waals surface area (Å²) in [6.07, 6.45) is -0.441. The number of nitrogens with zero attached hydrogens (tertiary/aromatic N) is 2. The highest BCUT2D eigenvalue weighted by Gasteiger charge is 2.15. The second kappa shape index (κ2) is 11.3. The molecule has 0 saturated heterocycles. The van der Waals surface area contributed by atoms with Crippen LogP contribution in [0, 0.1) is 0 Å². The number of carbonyl (C=O) groups is 1. The van der Waals surface area contributed by atoms with Gasteiger partial charge in [0, 0.05) is 38.3 Å². The number of hydrogen-bond acceptors (Lipinski definition) is 5. The van der Waals surface area contributed by atoms with Gasteiger partial charge in [0.1, 0.15) is 17.1 Å². The van der Waals surface area contributed by atoms with Gasteiger partial charge in [0.05, 0.1) is 20.8 Å². The van der Waals surface area contributed by atoms with E-state index < -0.39 is 11.7 Å². The molecule has 8 heteroatoms. The Morgan fingerprint density at radius 1 is 1.18 bits per heavy atom. The van der Waals surface area contributed by atoms with E-state index in [1.165, 1.54) is 0 Å². The van der Waals surface area contributed by atoms with Crippen molar-refractivity contribution in [1.29, 1.82) is 0 Å². The Kier molecular flexibility index (Phi) is 9.41. The van der Waals surface area contributed by atoms with E-state index >= 15 is 0 Å². The molecule has 0 aliphatic rings. The summed E-state index contributed by atoms with van der Waals surface area (Å²) >= 11 is 0. The van der Waals surface area contributed by atoms with Crippen LogP contribution in [0.2, 0.25) is 0 Å². The fraction of sp³-hybridized carbons (Fsp3) is 0.600. The summed E-state index contributed by atoms with van der Waals surface area (Å²) in [7, 11) is 5.22. The van der Waals surface area contributed by atoms with Crippen LogP contribution in [0.25, 0.3) is 0 Å². The first-order chi connectivity index (χ1) is 13.2. The lowest BCUT2D eigenvalue weighted by Crippen LogP contribution is -2.39. The number of hydrogen-bond donors (Lipinski definition) is 2. The normalized spacial score (nSPS) is 11.6. The number of methoxy groups -OCH3 is 2. The van der Waals surface area contributed by atoms with Crippen molar-refractivity contribution < 1.29 is 19.0 Å². The number of carbonyl (C=O) groups excluding carboxylic acids is 1. The monoisotopic (exact) mass is 394 g/mol. The molecule has 1 aromatic carbocycles. The molecule has 0 aromatic heterocycles. The second-order valence-corrected chi connectivity index (χ2v) is 7.20. The van der Waals surface area contributed by atoms with Crippen molar-refractivity contribution in [3.8, 4) is 11.5 Å². The molecule has 2 N–H and O–H groups in total. The maximum absolute atomic E-state index is 11.7. The van der Waals surface area contributed by atoms with E-state index in [-0.39, 0.29) is 0 Å². The highest BCUT2D eigenvalue weighted by Crippen LogP contribution is 2.25. The minimum atomic E-state index is -0.514. The van der Waals surface area contributed by atoms with Gasteiger partial charge in [-0.05, 0) is 39.8 Å². The summed E-state index contributed by atoms with van der Waals surface area (Å²) in [5, 5.41) is 5.96. The molecule has 0 heterocycles. The van der Waals surface area contributed by atoms with Crippen LogP contribution < -0.4 is 20.1 Å². The predicted octanol–water partition coefficient (Wildman–Crippen LogP) is 2.63. The first-order valence-corrected chi connectivity index (χ1v) is 9.37. The number of ether oxygens (including phenoxy) is 3. The number of aliphatic imine (C=N–C) groups is 1. The maximum Gasteiger partial charge on any atom is 0.407 e. The van der Waals surface area contributed by atoms with Gasteiger partial charge in [-0.3, -0.25) is 4.99 Å². The highest BCUT2D eigenvalue weighted by atomic mass is 16.6. The van der Waals surface area contributed by atoms with E-state index in [1.807, 2.05) is 57.8 Å². The van der Waals surface area contributed by atoms with Crippen molar-refractivity contribution in [3.63, 3.8) is 0 Å². The highest BCUT2D eigenvalue weighted by molar-refractivity contribution is 5.79. The van der Waals surface area contributed by atoms with Crippen molar-refractivity contribution >= 4 is 12.1 Å². The molecule has 0 spiro atoms. The zero-order valence-corrected chi connectivity index (χ0v) is 18.1. The van der Waals surface area contributed by atoms with Gasteiger partial charge in [0.15, 0.2) is 5.96 Å². The molecule has 0 atom stereocenters. The van der Waals surface area contributed by atoms with Crippen LogP contribution in [-0.2, 0) is 11.3 Å². The van der Waals surface area contributed by atoms with Crippen LogP contribution in [-0.4, -0.2) is 63.5 Å². The number of alkyl carbamates (subject to hydrolysis) is 1. The second-order valence-electron chi connectivity index (χ2n) is 7.20. The van der Waals surface area contributed by atoms with Crippen LogP contribution in [0.4, 0.5) is 4.79 Å². The summed E-state index contributed by atoms with van der Waals surface area (Å²) in [6.45, 7) is 9.68. The molecule has 1 amide bonds. The molecule has 0 aliphatic carbocycles. The first kappa shape index (κ1) is 23.4. The Labute approximate surface area is 168 Å². The molecule has 0 saturated carbocycles. The van der Waals surface area contributed by atoms with Crippen molar-refractivity contribution in [2.75, 3.05) is 40.9 Å². The molecule has 0 radical (unpaired) electrons. The van der Waals surface area contributed by atoms with Crippen molar-refractivity contribution in [3.05, 3.63) is 23.8 Å². The Balaban J connectivity index is 2.69. The average Bonchev–Trinajstić information content (AvgIpc) is 2.63. The van der Waals surface area contributed by atoms with E-state index in [4.69, 9.17) is 14.2 Å². The van der Waals surface area contributed by atoms with Crippen LogP contribution in [0.1, 0.15) is 33.3 Å². The maximum atomic E-state index is 11.7. The fourth-order valence-corrected chi connectivity index (χ4v) is 2.42. The van der Waals surface area contributed by atoms with Gasteiger partial charge < -0.3 is 29.7 Å². The molecule has 28 heavy (non-hydrogen) atoms. The zero-order chi connectivity index (χ0) is 21.2. The number of amides is 1. The molecule has 158 valence electrons. The SMILES string of the molecule is CCNC(=NCCNC(=O)OC(C)(C)C)N(C)Cc1ccc(OC)cc1OC. The predicted molar refractivity (Wildman–Crippen MR) is 111 cm³/mol. The summed E-state index contributed by atoms with van der Waals surface area (Å²) in [6, 6.07) is 5.74. The molecule has 0 fully saturated rings. The quantitative estimate of drug-likeness (QED) is 0.401. The van der Waals surface area contributed by atoms with Gasteiger partial charge in [-0.2, -0.15) is 0 Å². The largest absolute Gasteiger partial charge is 0.497 e. The molecule has 1 rings (SSSR count). The topological polar surface area (TPSA) is 84.4 Å². The van der Waals surface area contributed by atoms with Crippen molar-refractivity contribution in [2.24, 2.45) is 4.99 Å². The smallest absolute Gasteiger partial charge is 0.407 e. The molecule has 8 nitrogen and oxygen atoms in total. The van der Waals surface area contributed by atoms with E-state index in [0.717, 1.165) is 29.6 Å². The fourth-order valence-electron chi connectivity index (χ4n) is 2.42. The van der Waals surface area contributed by atoms with Gasteiger partial charge in [0.2, 0.25) is 0 Å². The van der Waals surface area contributed by atoms with E-state index in [9.17, 15) is 4.79 Å². The Hall–Kier alpha value is -2.64. The molecule has 0 unspecified atom stereocenters. The minimum Gasteiger partial charge on any atom is -0.497 e. The third-order valence-corrected chi connectivity index (χ3v) is 3.64. The summed E-state index contributed by atoms with van der Waals surface area (Å²) in [4.78, 5) is 18.3. The van der Waals surface area contributed by atoms with Crippen LogP contribution in [0.5, 0.6) is 11.5 Å². The number of benzene rings is 1. The molecule has 1 aromatic rings. The van der Waals surface area contributed by atoms with Gasteiger partial charge >= 0.3 is 6.09 Å². The van der Waals surface area contributed by atoms with Gasteiger partial charge in [-0.1, -0.05) is 0 Å². The van der Waals surface area contributed by atoms with Crippen LogP contribution in [0.3, 0.4) is 0 Å². The van der Waals surface area contributed by atoms with E-state index in [1.54, 1.807) is 14.2 Å².